The van der Waals surface area contributed by atoms with E-state index >= 15 is 0 Å². The van der Waals surface area contributed by atoms with Crippen LogP contribution in [0.5, 0.6) is 34.5 Å². The first-order chi connectivity index (χ1) is 15.9. The minimum Gasteiger partial charge on any atom is -0.453 e. The van der Waals surface area contributed by atoms with E-state index in [0.717, 1.165) is 21.9 Å². The lowest BCUT2D eigenvalue weighted by molar-refractivity contribution is 0.387. The summed E-state index contributed by atoms with van der Waals surface area (Å²) in [4.78, 5) is 1.08. The molecule has 32 heavy (non-hydrogen) atoms. The Balaban J connectivity index is 1.67. The largest absolute Gasteiger partial charge is 0.453 e. The molecule has 4 heteroatoms. The first-order valence-corrected chi connectivity index (χ1v) is 11.1. The van der Waals surface area contributed by atoms with Crippen LogP contribution in [0.4, 0.5) is 0 Å². The molecule has 0 unspecified atom stereocenters. The van der Waals surface area contributed by atoms with Crippen LogP contribution in [0.2, 0.25) is 0 Å². The van der Waals surface area contributed by atoms with Gasteiger partial charge in [-0.05, 0) is 60.0 Å². The fourth-order valence-corrected chi connectivity index (χ4v) is 4.03. The summed E-state index contributed by atoms with van der Waals surface area (Å²) in [5.41, 5.74) is 0.940. The number of hydrogen-bond donors (Lipinski definition) is 0. The summed E-state index contributed by atoms with van der Waals surface area (Å²) in [6.45, 7) is 0. The Bertz CT molecular complexity index is 1270. The van der Waals surface area contributed by atoms with Gasteiger partial charge in [-0.15, -0.1) is 11.3 Å². The molecule has 0 saturated heterocycles. The monoisotopic (exact) mass is 436 g/mol. The second kappa shape index (κ2) is 9.41. The predicted molar refractivity (Wildman–Crippen MR) is 129 cm³/mol. The number of benzene rings is 4. The normalized spacial score (nSPS) is 10.5. The highest BCUT2D eigenvalue weighted by Gasteiger charge is 2.21. The van der Waals surface area contributed by atoms with E-state index in [1.54, 1.807) is 11.3 Å². The van der Waals surface area contributed by atoms with Crippen molar-refractivity contribution >= 4 is 11.3 Å². The number of para-hydroxylation sites is 3. The molecule has 0 bridgehead atoms. The zero-order valence-electron chi connectivity index (χ0n) is 17.2. The first-order valence-electron chi connectivity index (χ1n) is 10.3. The van der Waals surface area contributed by atoms with Crippen molar-refractivity contribution in [3.8, 4) is 44.9 Å². The Morgan fingerprint density at radius 3 is 1.50 bits per heavy atom. The molecule has 0 atom stereocenters. The maximum atomic E-state index is 6.42. The lowest BCUT2D eigenvalue weighted by atomic mass is 10.1. The van der Waals surface area contributed by atoms with Crippen molar-refractivity contribution in [2.75, 3.05) is 0 Å². The van der Waals surface area contributed by atoms with E-state index in [9.17, 15) is 0 Å². The number of ether oxygens (including phenoxy) is 3. The second-order valence-electron chi connectivity index (χ2n) is 6.99. The number of rotatable bonds is 7. The van der Waals surface area contributed by atoms with Gasteiger partial charge in [-0.1, -0.05) is 60.7 Å². The van der Waals surface area contributed by atoms with E-state index < -0.39 is 0 Å². The van der Waals surface area contributed by atoms with Crippen LogP contribution in [0.1, 0.15) is 0 Å². The van der Waals surface area contributed by atoms with Crippen LogP contribution in [0, 0.1) is 0 Å². The summed E-state index contributed by atoms with van der Waals surface area (Å²) in [7, 11) is 0. The first kappa shape index (κ1) is 19.9. The molecule has 5 aromatic rings. The van der Waals surface area contributed by atoms with Gasteiger partial charge in [0.25, 0.3) is 0 Å². The molecule has 0 saturated carbocycles. The van der Waals surface area contributed by atoms with Gasteiger partial charge in [0.2, 0.25) is 5.75 Å². The zero-order chi connectivity index (χ0) is 21.6. The van der Waals surface area contributed by atoms with Crippen LogP contribution >= 0.6 is 11.3 Å². The van der Waals surface area contributed by atoms with E-state index in [1.165, 1.54) is 0 Å². The van der Waals surface area contributed by atoms with Crippen molar-refractivity contribution in [2.24, 2.45) is 0 Å². The van der Waals surface area contributed by atoms with Gasteiger partial charge in [0.15, 0.2) is 11.5 Å². The van der Waals surface area contributed by atoms with E-state index in [1.807, 2.05) is 115 Å². The molecule has 0 amide bonds. The van der Waals surface area contributed by atoms with Gasteiger partial charge in [0.05, 0.1) is 0 Å². The third-order valence-electron chi connectivity index (χ3n) is 4.76. The molecule has 0 N–H and O–H groups in total. The van der Waals surface area contributed by atoms with Crippen LogP contribution in [-0.4, -0.2) is 0 Å². The number of thiophene rings is 1. The minimum absolute atomic E-state index is 0.523. The van der Waals surface area contributed by atoms with Gasteiger partial charge in [0.1, 0.15) is 17.2 Å². The smallest absolute Gasteiger partial charge is 0.213 e. The standard InChI is InChI=1S/C28H20O3S/c1-4-11-21(12-5-1)29-25-19-18-24(26-17-10-20-32-26)27(30-22-13-6-2-7-14-22)28(25)31-23-15-8-3-9-16-23/h1-20H. The fraction of sp³-hybridized carbons (Fsp3) is 0. The van der Waals surface area contributed by atoms with Crippen LogP contribution < -0.4 is 14.2 Å². The van der Waals surface area contributed by atoms with Gasteiger partial charge in [-0.2, -0.15) is 0 Å². The van der Waals surface area contributed by atoms with Gasteiger partial charge in [-0.25, -0.2) is 0 Å². The zero-order valence-corrected chi connectivity index (χ0v) is 18.0. The predicted octanol–water partition coefficient (Wildman–Crippen LogP) is 8.79. The van der Waals surface area contributed by atoms with E-state index in [2.05, 4.69) is 6.07 Å². The average Bonchev–Trinajstić information content (AvgIpc) is 3.38. The SMILES string of the molecule is c1ccc(Oc2ccc(-c3cccs3)c(Oc3ccccc3)c2Oc2ccccc2)cc1. The Morgan fingerprint density at radius 2 is 0.969 bits per heavy atom. The molecule has 0 aliphatic heterocycles. The van der Waals surface area contributed by atoms with Crippen LogP contribution in [0.25, 0.3) is 10.4 Å². The Hall–Kier alpha value is -4.02. The van der Waals surface area contributed by atoms with Crippen molar-refractivity contribution in [1.29, 1.82) is 0 Å². The molecular formula is C28H20O3S. The van der Waals surface area contributed by atoms with Crippen molar-refractivity contribution in [3.63, 3.8) is 0 Å². The summed E-state index contributed by atoms with van der Waals surface area (Å²) >= 11 is 1.65. The van der Waals surface area contributed by atoms with Gasteiger partial charge >= 0.3 is 0 Å². The molecule has 0 aliphatic carbocycles. The molecule has 1 aromatic heterocycles. The molecule has 5 rings (SSSR count). The van der Waals surface area contributed by atoms with Crippen molar-refractivity contribution in [2.45, 2.75) is 0 Å². The second-order valence-corrected chi connectivity index (χ2v) is 7.94. The van der Waals surface area contributed by atoms with Crippen molar-refractivity contribution in [3.05, 3.63) is 121 Å². The summed E-state index contributed by atoms with van der Waals surface area (Å²) in [6, 6.07) is 37.1. The molecule has 0 radical (unpaired) electrons. The van der Waals surface area contributed by atoms with E-state index in [4.69, 9.17) is 14.2 Å². The van der Waals surface area contributed by atoms with Crippen molar-refractivity contribution < 1.29 is 14.2 Å². The van der Waals surface area contributed by atoms with E-state index in [-0.39, 0.29) is 0 Å². The Labute approximate surface area is 191 Å². The molecule has 4 aromatic carbocycles. The highest BCUT2D eigenvalue weighted by atomic mass is 32.1. The third kappa shape index (κ3) is 4.51. The van der Waals surface area contributed by atoms with E-state index in [0.29, 0.717) is 23.0 Å². The summed E-state index contributed by atoms with van der Waals surface area (Å²) in [5, 5.41) is 2.05. The summed E-state index contributed by atoms with van der Waals surface area (Å²) in [6.07, 6.45) is 0. The third-order valence-corrected chi connectivity index (χ3v) is 5.66. The van der Waals surface area contributed by atoms with Crippen molar-refractivity contribution in [1.82, 2.24) is 0 Å². The maximum absolute atomic E-state index is 6.42. The fourth-order valence-electron chi connectivity index (χ4n) is 3.28. The Morgan fingerprint density at radius 1 is 0.438 bits per heavy atom. The summed E-state index contributed by atoms with van der Waals surface area (Å²) in [5.74, 6) is 3.85. The quantitative estimate of drug-likeness (QED) is 0.255. The molecular weight excluding hydrogens is 416 g/mol. The molecule has 156 valence electrons. The van der Waals surface area contributed by atoms with Gasteiger partial charge in [0, 0.05) is 10.4 Å². The molecule has 1 heterocycles. The topological polar surface area (TPSA) is 27.7 Å². The highest BCUT2D eigenvalue weighted by molar-refractivity contribution is 7.13. The Kier molecular flexibility index (Phi) is 5.86. The van der Waals surface area contributed by atoms with Gasteiger partial charge < -0.3 is 14.2 Å². The number of hydrogen-bond acceptors (Lipinski definition) is 4. The van der Waals surface area contributed by atoms with Crippen LogP contribution in [0.3, 0.4) is 0 Å². The molecule has 0 aliphatic rings. The molecule has 3 nitrogen and oxygen atoms in total. The van der Waals surface area contributed by atoms with Gasteiger partial charge in [-0.3, -0.25) is 0 Å². The highest BCUT2D eigenvalue weighted by Crippen LogP contribution is 2.50. The average molecular weight is 437 g/mol. The maximum Gasteiger partial charge on any atom is 0.213 e. The summed E-state index contributed by atoms with van der Waals surface area (Å²) < 4.78 is 19.0. The lowest BCUT2D eigenvalue weighted by Gasteiger charge is -2.19. The van der Waals surface area contributed by atoms with Crippen LogP contribution in [0.15, 0.2) is 121 Å². The lowest BCUT2D eigenvalue weighted by Crippen LogP contribution is -1.96. The van der Waals surface area contributed by atoms with Crippen LogP contribution in [-0.2, 0) is 0 Å². The molecule has 0 spiro atoms. The minimum atomic E-state index is 0.523. The molecule has 0 fully saturated rings.